The molecule has 2 aromatic rings. The molecule has 0 saturated carbocycles. The molecule has 0 amide bonds. The zero-order valence-corrected chi connectivity index (χ0v) is 12.1. The number of aryl methyl sites for hydroxylation is 2. The Morgan fingerprint density at radius 3 is 2.75 bits per heavy atom. The lowest BCUT2D eigenvalue weighted by molar-refractivity contribution is 0.465. The zero-order chi connectivity index (χ0) is 14.3. The van der Waals surface area contributed by atoms with Gasteiger partial charge in [0, 0.05) is 11.8 Å². The van der Waals surface area contributed by atoms with Gasteiger partial charge < -0.3 is 10.4 Å². The third kappa shape index (κ3) is 2.03. The molecule has 0 radical (unpaired) electrons. The molecule has 1 aromatic carbocycles. The summed E-state index contributed by atoms with van der Waals surface area (Å²) in [6, 6.07) is 7.94. The van der Waals surface area contributed by atoms with Crippen LogP contribution in [-0.4, -0.2) is 10.1 Å². The van der Waals surface area contributed by atoms with Crippen molar-refractivity contribution in [2.24, 2.45) is 0 Å². The molecular weight excluding hydrogens is 248 g/mol. The Kier molecular flexibility index (Phi) is 3.13. The summed E-state index contributed by atoms with van der Waals surface area (Å²) in [6.07, 6.45) is 2.80. The highest BCUT2D eigenvalue weighted by Gasteiger charge is 2.32. The largest absolute Gasteiger partial charge is 0.508 e. The van der Waals surface area contributed by atoms with Crippen LogP contribution in [0.4, 0.5) is 5.69 Å². The highest BCUT2D eigenvalue weighted by atomic mass is 16.3. The number of pyridine rings is 1. The van der Waals surface area contributed by atoms with E-state index in [-0.39, 0.29) is 6.04 Å². The second kappa shape index (κ2) is 4.82. The van der Waals surface area contributed by atoms with Crippen LogP contribution < -0.4 is 5.32 Å². The van der Waals surface area contributed by atoms with Gasteiger partial charge >= 0.3 is 0 Å². The first-order chi connectivity index (χ1) is 9.58. The van der Waals surface area contributed by atoms with Gasteiger partial charge in [0.2, 0.25) is 0 Å². The van der Waals surface area contributed by atoms with Crippen molar-refractivity contribution in [1.82, 2.24) is 4.98 Å². The molecular formula is C17H20N2O. The molecule has 0 spiro atoms. The molecule has 0 bridgehead atoms. The van der Waals surface area contributed by atoms with E-state index in [1.165, 1.54) is 11.1 Å². The van der Waals surface area contributed by atoms with E-state index >= 15 is 0 Å². The summed E-state index contributed by atoms with van der Waals surface area (Å²) in [5, 5.41) is 13.8. The van der Waals surface area contributed by atoms with E-state index in [0.717, 1.165) is 23.4 Å². The maximum atomic E-state index is 10.2. The Labute approximate surface area is 119 Å². The third-order valence-electron chi connectivity index (χ3n) is 4.25. The Morgan fingerprint density at radius 2 is 2.00 bits per heavy atom. The van der Waals surface area contributed by atoms with Crippen molar-refractivity contribution >= 4 is 5.69 Å². The van der Waals surface area contributed by atoms with Crippen molar-refractivity contribution < 1.29 is 5.11 Å². The normalized spacial score (nSPS) is 20.8. The molecule has 3 heteroatoms. The van der Waals surface area contributed by atoms with E-state index in [1.807, 2.05) is 25.1 Å². The van der Waals surface area contributed by atoms with Gasteiger partial charge in [-0.1, -0.05) is 13.0 Å². The summed E-state index contributed by atoms with van der Waals surface area (Å²) in [7, 11) is 0. The smallest absolute Gasteiger partial charge is 0.121 e. The number of phenols is 1. The van der Waals surface area contributed by atoms with E-state index in [2.05, 4.69) is 24.1 Å². The van der Waals surface area contributed by atoms with Gasteiger partial charge in [0.1, 0.15) is 5.75 Å². The number of benzene rings is 1. The van der Waals surface area contributed by atoms with Crippen molar-refractivity contribution in [2.75, 3.05) is 5.32 Å². The number of anilines is 1. The number of hydrogen-bond donors (Lipinski definition) is 2. The summed E-state index contributed by atoms with van der Waals surface area (Å²) in [5.74, 6) is 0.862. The molecule has 1 aromatic heterocycles. The van der Waals surface area contributed by atoms with Gasteiger partial charge in [-0.05, 0) is 55.5 Å². The van der Waals surface area contributed by atoms with Crippen molar-refractivity contribution in [3.8, 4) is 5.75 Å². The van der Waals surface area contributed by atoms with Crippen molar-refractivity contribution in [1.29, 1.82) is 0 Å². The van der Waals surface area contributed by atoms with Crippen LogP contribution in [0.5, 0.6) is 5.75 Å². The molecule has 3 nitrogen and oxygen atoms in total. The average Bonchev–Trinajstić information content (AvgIpc) is 2.75. The van der Waals surface area contributed by atoms with Gasteiger partial charge in [-0.2, -0.15) is 0 Å². The number of fused-ring (bicyclic) bond motifs is 1. The highest BCUT2D eigenvalue weighted by molar-refractivity contribution is 5.56. The zero-order valence-electron chi connectivity index (χ0n) is 12.1. The van der Waals surface area contributed by atoms with Gasteiger partial charge in [0.05, 0.1) is 17.4 Å². The first kappa shape index (κ1) is 13.0. The van der Waals surface area contributed by atoms with Crippen LogP contribution in [0, 0.1) is 13.8 Å². The first-order valence-electron chi connectivity index (χ1n) is 7.08. The fourth-order valence-electron chi connectivity index (χ4n) is 3.30. The number of phenolic OH excluding ortho intramolecular Hbond substituents is 1. The predicted octanol–water partition coefficient (Wildman–Crippen LogP) is 4.06. The Balaban J connectivity index is 2.00. The molecule has 0 saturated heterocycles. The quantitative estimate of drug-likeness (QED) is 0.863. The monoisotopic (exact) mass is 268 g/mol. The van der Waals surface area contributed by atoms with Crippen molar-refractivity contribution in [3.05, 3.63) is 52.8 Å². The lowest BCUT2D eigenvalue weighted by Gasteiger charge is -2.18. The summed E-state index contributed by atoms with van der Waals surface area (Å²) in [5.41, 5.74) is 5.64. The van der Waals surface area contributed by atoms with E-state index < -0.39 is 0 Å². The standard InChI is InChI=1S/C17H20N2O/c1-10-6-7-15(20)17-14(9-11(2)16(10)17)19-13-5-4-8-18-12(13)3/h4-8,11,14,19-20H,9H2,1-3H3. The number of aromatic nitrogens is 1. The van der Waals surface area contributed by atoms with Crippen LogP contribution in [-0.2, 0) is 0 Å². The Bertz CT molecular complexity index is 651. The molecule has 0 aliphatic heterocycles. The topological polar surface area (TPSA) is 45.1 Å². The maximum Gasteiger partial charge on any atom is 0.121 e. The molecule has 3 rings (SSSR count). The number of nitrogens with zero attached hydrogens (tertiary/aromatic N) is 1. The minimum Gasteiger partial charge on any atom is -0.508 e. The van der Waals surface area contributed by atoms with Gasteiger partial charge in [0.15, 0.2) is 0 Å². The van der Waals surface area contributed by atoms with Crippen LogP contribution in [0.1, 0.15) is 47.7 Å². The lowest BCUT2D eigenvalue weighted by atomic mass is 9.97. The summed E-state index contributed by atoms with van der Waals surface area (Å²) in [6.45, 7) is 6.34. The van der Waals surface area contributed by atoms with Crippen LogP contribution in [0.25, 0.3) is 0 Å². The van der Waals surface area contributed by atoms with Crippen molar-refractivity contribution in [2.45, 2.75) is 39.2 Å². The number of aromatic hydroxyl groups is 1. The SMILES string of the molecule is Cc1ccc(O)c2c1C(C)CC2Nc1cccnc1C. The van der Waals surface area contributed by atoms with E-state index in [9.17, 15) is 5.11 Å². The molecule has 20 heavy (non-hydrogen) atoms. The minimum absolute atomic E-state index is 0.155. The Hall–Kier alpha value is -2.03. The average molecular weight is 268 g/mol. The van der Waals surface area contributed by atoms with Crippen molar-refractivity contribution in [3.63, 3.8) is 0 Å². The minimum atomic E-state index is 0.155. The lowest BCUT2D eigenvalue weighted by Crippen LogP contribution is -2.09. The van der Waals surface area contributed by atoms with E-state index in [1.54, 1.807) is 12.3 Å². The number of rotatable bonds is 2. The number of hydrogen-bond acceptors (Lipinski definition) is 3. The molecule has 2 N–H and O–H groups in total. The second-order valence-corrected chi connectivity index (χ2v) is 5.70. The van der Waals surface area contributed by atoms with Gasteiger partial charge in [-0.15, -0.1) is 0 Å². The van der Waals surface area contributed by atoms with Crippen LogP contribution in [0.3, 0.4) is 0 Å². The number of nitrogens with one attached hydrogen (secondary N) is 1. The molecule has 2 unspecified atom stereocenters. The molecule has 1 aliphatic rings. The summed E-state index contributed by atoms with van der Waals surface area (Å²) in [4.78, 5) is 4.31. The van der Waals surface area contributed by atoms with Gasteiger partial charge in [-0.25, -0.2) is 0 Å². The molecule has 2 atom stereocenters. The first-order valence-corrected chi connectivity index (χ1v) is 7.08. The Morgan fingerprint density at radius 1 is 1.20 bits per heavy atom. The molecule has 0 fully saturated rings. The fourth-order valence-corrected chi connectivity index (χ4v) is 3.30. The molecule has 1 aliphatic carbocycles. The maximum absolute atomic E-state index is 10.2. The molecule has 1 heterocycles. The van der Waals surface area contributed by atoms with Gasteiger partial charge in [0.25, 0.3) is 0 Å². The fraction of sp³-hybridized carbons (Fsp3) is 0.353. The second-order valence-electron chi connectivity index (χ2n) is 5.70. The van der Waals surface area contributed by atoms with E-state index in [4.69, 9.17) is 0 Å². The summed E-state index contributed by atoms with van der Waals surface area (Å²) >= 11 is 0. The molecule has 104 valence electrons. The summed E-state index contributed by atoms with van der Waals surface area (Å²) < 4.78 is 0. The van der Waals surface area contributed by atoms with Crippen LogP contribution in [0.2, 0.25) is 0 Å². The van der Waals surface area contributed by atoms with E-state index in [0.29, 0.717) is 11.7 Å². The van der Waals surface area contributed by atoms with Crippen LogP contribution >= 0.6 is 0 Å². The predicted molar refractivity (Wildman–Crippen MR) is 81.2 cm³/mol. The highest BCUT2D eigenvalue weighted by Crippen LogP contribution is 2.47. The van der Waals surface area contributed by atoms with Gasteiger partial charge in [-0.3, -0.25) is 4.98 Å². The van der Waals surface area contributed by atoms with Crippen LogP contribution in [0.15, 0.2) is 30.5 Å². The third-order valence-corrected chi connectivity index (χ3v) is 4.25.